The maximum absolute atomic E-state index is 12.3. The highest BCUT2D eigenvalue weighted by atomic mass is 16.2. The number of imide groups is 1. The lowest BCUT2D eigenvalue weighted by Gasteiger charge is -2.39. The van der Waals surface area contributed by atoms with E-state index in [2.05, 4.69) is 25.5 Å². The fourth-order valence-electron chi connectivity index (χ4n) is 3.60. The van der Waals surface area contributed by atoms with Gasteiger partial charge in [0.2, 0.25) is 0 Å². The molecule has 8 heteroatoms. The quantitative estimate of drug-likeness (QED) is 0.791. The Labute approximate surface area is 151 Å². The number of aromatic nitrogens is 3. The topological polar surface area (TPSA) is 100 Å². The van der Waals surface area contributed by atoms with Gasteiger partial charge in [-0.1, -0.05) is 0 Å². The summed E-state index contributed by atoms with van der Waals surface area (Å²) < 4.78 is 0. The van der Waals surface area contributed by atoms with Gasteiger partial charge in [0.25, 0.3) is 5.91 Å². The summed E-state index contributed by atoms with van der Waals surface area (Å²) in [5, 5.41) is 5.16. The first-order valence-electron chi connectivity index (χ1n) is 8.63. The van der Waals surface area contributed by atoms with Gasteiger partial charge in [-0.15, -0.1) is 0 Å². The van der Waals surface area contributed by atoms with Crippen molar-refractivity contribution in [2.45, 2.75) is 32.2 Å². The smallest absolute Gasteiger partial charge is 0.322 e. The third kappa shape index (κ3) is 2.67. The Morgan fingerprint density at radius 1 is 1.23 bits per heavy atom. The summed E-state index contributed by atoms with van der Waals surface area (Å²) in [5.41, 5.74) is 1.82. The van der Waals surface area contributed by atoms with Gasteiger partial charge < -0.3 is 10.2 Å². The molecule has 4 rings (SSSR count). The van der Waals surface area contributed by atoms with Gasteiger partial charge in [0.15, 0.2) is 5.82 Å². The van der Waals surface area contributed by atoms with E-state index in [0.29, 0.717) is 18.8 Å². The minimum atomic E-state index is -0.880. The Bertz CT molecular complexity index is 885. The van der Waals surface area contributed by atoms with Crippen LogP contribution in [0.25, 0.3) is 11.4 Å². The summed E-state index contributed by atoms with van der Waals surface area (Å²) >= 11 is 0. The van der Waals surface area contributed by atoms with Crippen LogP contribution in [0, 0.1) is 13.8 Å². The van der Waals surface area contributed by atoms with E-state index in [0.717, 1.165) is 35.6 Å². The van der Waals surface area contributed by atoms with Crippen LogP contribution in [0.4, 0.5) is 10.6 Å². The molecule has 2 aliphatic rings. The second kappa shape index (κ2) is 6.05. The molecule has 4 heterocycles. The first kappa shape index (κ1) is 16.4. The molecular formula is C18H20N6O2. The Morgan fingerprint density at radius 3 is 2.77 bits per heavy atom. The third-order valence-electron chi connectivity index (χ3n) is 5.09. The summed E-state index contributed by atoms with van der Waals surface area (Å²) in [7, 11) is 0. The lowest BCUT2D eigenvalue weighted by Crippen LogP contribution is -2.59. The molecule has 2 fully saturated rings. The predicted octanol–water partition coefficient (Wildman–Crippen LogP) is 1.33. The highest BCUT2D eigenvalue weighted by Crippen LogP contribution is 2.31. The standard InChI is InChI=1S/C18H20N6O2/c1-11-12(2)20-14(13-5-3-7-19-9-13)21-15(11)24-8-4-6-18(10-24)16(25)22-17(26)23-18/h3,5,7,9H,4,6,8,10H2,1-2H3,(H2,22,23,25,26). The first-order valence-corrected chi connectivity index (χ1v) is 8.63. The van der Waals surface area contributed by atoms with Gasteiger partial charge in [-0.2, -0.15) is 0 Å². The average molecular weight is 352 g/mol. The fraction of sp³-hybridized carbons (Fsp3) is 0.389. The van der Waals surface area contributed by atoms with Crippen LogP contribution < -0.4 is 15.5 Å². The Hall–Kier alpha value is -3.03. The molecule has 2 aromatic rings. The molecular weight excluding hydrogens is 332 g/mol. The monoisotopic (exact) mass is 352 g/mol. The van der Waals surface area contributed by atoms with E-state index in [4.69, 9.17) is 4.98 Å². The average Bonchev–Trinajstić information content (AvgIpc) is 2.90. The number of nitrogens with zero attached hydrogens (tertiary/aromatic N) is 4. The minimum Gasteiger partial charge on any atom is -0.353 e. The van der Waals surface area contributed by atoms with E-state index in [-0.39, 0.29) is 5.91 Å². The van der Waals surface area contributed by atoms with Gasteiger partial charge in [-0.25, -0.2) is 14.8 Å². The molecule has 0 aliphatic carbocycles. The van der Waals surface area contributed by atoms with Crippen molar-refractivity contribution in [3.63, 3.8) is 0 Å². The Morgan fingerprint density at radius 2 is 2.08 bits per heavy atom. The number of carbonyl (C=O) groups excluding carboxylic acids is 2. The number of carbonyl (C=O) groups is 2. The number of aryl methyl sites for hydroxylation is 1. The molecule has 3 amide bonds. The van der Waals surface area contributed by atoms with Crippen molar-refractivity contribution in [1.82, 2.24) is 25.6 Å². The highest BCUT2D eigenvalue weighted by Gasteiger charge is 2.49. The van der Waals surface area contributed by atoms with Crippen molar-refractivity contribution in [3.05, 3.63) is 35.8 Å². The normalized spacial score (nSPS) is 22.5. The number of piperidine rings is 1. The first-order chi connectivity index (χ1) is 12.5. The zero-order valence-corrected chi connectivity index (χ0v) is 14.7. The molecule has 26 heavy (non-hydrogen) atoms. The van der Waals surface area contributed by atoms with Gasteiger partial charge in [0.05, 0.1) is 6.54 Å². The van der Waals surface area contributed by atoms with Crippen molar-refractivity contribution < 1.29 is 9.59 Å². The van der Waals surface area contributed by atoms with E-state index in [1.54, 1.807) is 12.4 Å². The second-order valence-corrected chi connectivity index (χ2v) is 6.84. The predicted molar refractivity (Wildman–Crippen MR) is 95.6 cm³/mol. The minimum absolute atomic E-state index is 0.261. The highest BCUT2D eigenvalue weighted by molar-refractivity contribution is 6.07. The molecule has 2 N–H and O–H groups in total. The van der Waals surface area contributed by atoms with E-state index >= 15 is 0 Å². The molecule has 134 valence electrons. The summed E-state index contributed by atoms with van der Waals surface area (Å²) in [4.78, 5) is 39.5. The van der Waals surface area contributed by atoms with Gasteiger partial charge in [-0.3, -0.25) is 15.1 Å². The zero-order chi connectivity index (χ0) is 18.3. The third-order valence-corrected chi connectivity index (χ3v) is 5.09. The fourth-order valence-corrected chi connectivity index (χ4v) is 3.60. The molecule has 0 radical (unpaired) electrons. The molecule has 0 aromatic carbocycles. The number of urea groups is 1. The van der Waals surface area contributed by atoms with Crippen molar-refractivity contribution in [3.8, 4) is 11.4 Å². The maximum atomic E-state index is 12.3. The largest absolute Gasteiger partial charge is 0.353 e. The van der Waals surface area contributed by atoms with Crippen molar-refractivity contribution in [2.75, 3.05) is 18.0 Å². The van der Waals surface area contributed by atoms with Crippen LogP contribution in [-0.4, -0.2) is 45.5 Å². The summed E-state index contributed by atoms with van der Waals surface area (Å²) in [5.74, 6) is 1.14. The molecule has 1 unspecified atom stereocenters. The van der Waals surface area contributed by atoms with E-state index in [9.17, 15) is 9.59 Å². The molecule has 0 saturated carbocycles. The van der Waals surface area contributed by atoms with Gasteiger partial charge in [0.1, 0.15) is 11.4 Å². The summed E-state index contributed by atoms with van der Waals surface area (Å²) in [6, 6.07) is 3.34. The Balaban J connectivity index is 1.72. The van der Waals surface area contributed by atoms with Gasteiger partial charge in [-0.05, 0) is 38.8 Å². The summed E-state index contributed by atoms with van der Waals surface area (Å²) in [6.07, 6.45) is 4.86. The van der Waals surface area contributed by atoms with Crippen LogP contribution in [0.3, 0.4) is 0 Å². The number of hydrogen-bond donors (Lipinski definition) is 2. The second-order valence-electron chi connectivity index (χ2n) is 6.84. The van der Waals surface area contributed by atoms with Crippen molar-refractivity contribution in [1.29, 1.82) is 0 Å². The lowest BCUT2D eigenvalue weighted by molar-refractivity contribution is -0.124. The SMILES string of the molecule is Cc1nc(-c2cccnc2)nc(N2CCCC3(C2)NC(=O)NC3=O)c1C. The molecule has 0 bridgehead atoms. The number of rotatable bonds is 2. The van der Waals surface area contributed by atoms with Gasteiger partial charge >= 0.3 is 6.03 Å². The van der Waals surface area contributed by atoms with E-state index in [1.807, 2.05) is 26.0 Å². The molecule has 1 spiro atoms. The van der Waals surface area contributed by atoms with Crippen LogP contribution in [0.1, 0.15) is 24.1 Å². The number of amides is 3. The van der Waals surface area contributed by atoms with Crippen LogP contribution in [-0.2, 0) is 4.79 Å². The van der Waals surface area contributed by atoms with E-state index < -0.39 is 11.6 Å². The van der Waals surface area contributed by atoms with Crippen LogP contribution in [0.15, 0.2) is 24.5 Å². The van der Waals surface area contributed by atoms with Crippen molar-refractivity contribution >= 4 is 17.8 Å². The van der Waals surface area contributed by atoms with Gasteiger partial charge in [0, 0.05) is 35.8 Å². The van der Waals surface area contributed by atoms with Crippen molar-refractivity contribution in [2.24, 2.45) is 0 Å². The zero-order valence-electron chi connectivity index (χ0n) is 14.7. The number of nitrogens with one attached hydrogen (secondary N) is 2. The maximum Gasteiger partial charge on any atom is 0.322 e. The molecule has 2 saturated heterocycles. The van der Waals surface area contributed by atoms with Crippen LogP contribution >= 0.6 is 0 Å². The molecule has 1 atom stereocenters. The van der Waals surface area contributed by atoms with E-state index in [1.165, 1.54) is 0 Å². The number of anilines is 1. The molecule has 8 nitrogen and oxygen atoms in total. The lowest BCUT2D eigenvalue weighted by atomic mass is 9.89. The van der Waals surface area contributed by atoms with Crippen LogP contribution in [0.5, 0.6) is 0 Å². The number of hydrogen-bond acceptors (Lipinski definition) is 6. The summed E-state index contributed by atoms with van der Waals surface area (Å²) in [6.45, 7) is 5.10. The molecule has 2 aromatic heterocycles. The van der Waals surface area contributed by atoms with Crippen LogP contribution in [0.2, 0.25) is 0 Å². The molecule has 2 aliphatic heterocycles. The Kier molecular flexibility index (Phi) is 3.82. The number of pyridine rings is 1.